The maximum absolute atomic E-state index is 13.5. The zero-order valence-corrected chi connectivity index (χ0v) is 16.9. The van der Waals surface area contributed by atoms with Crippen LogP contribution in [0.1, 0.15) is 43.0 Å². The first-order valence-corrected chi connectivity index (χ1v) is 10.4. The quantitative estimate of drug-likeness (QED) is 0.642. The third kappa shape index (κ3) is 3.00. The molecule has 0 radical (unpaired) electrons. The van der Waals surface area contributed by atoms with Crippen LogP contribution in [0, 0.1) is 17.0 Å². The van der Waals surface area contributed by atoms with Crippen molar-refractivity contribution in [2.45, 2.75) is 44.6 Å². The average molecular weight is 406 g/mol. The number of aliphatic hydroxyl groups is 1. The first-order valence-electron chi connectivity index (χ1n) is 10.4. The fourth-order valence-electron chi connectivity index (χ4n) is 5.16. The van der Waals surface area contributed by atoms with Gasteiger partial charge in [-0.05, 0) is 85.7 Å². The van der Waals surface area contributed by atoms with E-state index in [-0.39, 0.29) is 17.0 Å². The molecule has 0 spiro atoms. The lowest BCUT2D eigenvalue weighted by atomic mass is 9.65. The minimum atomic E-state index is -0.846. The number of hydrogen-bond donors (Lipinski definition) is 1. The van der Waals surface area contributed by atoms with E-state index < -0.39 is 5.60 Å². The Morgan fingerprint density at radius 3 is 2.67 bits per heavy atom. The van der Waals surface area contributed by atoms with Gasteiger partial charge in [0.05, 0.1) is 23.2 Å². The number of benzene rings is 2. The summed E-state index contributed by atoms with van der Waals surface area (Å²) in [4.78, 5) is 0. The highest BCUT2D eigenvalue weighted by Gasteiger charge is 2.54. The van der Waals surface area contributed by atoms with Crippen molar-refractivity contribution in [2.75, 3.05) is 0 Å². The van der Waals surface area contributed by atoms with Crippen LogP contribution in [0.2, 0.25) is 0 Å². The van der Waals surface area contributed by atoms with E-state index in [1.54, 1.807) is 24.3 Å². The van der Waals surface area contributed by atoms with Crippen LogP contribution in [0.4, 0.5) is 8.78 Å². The molecule has 30 heavy (non-hydrogen) atoms. The van der Waals surface area contributed by atoms with Gasteiger partial charge in [0.25, 0.3) is 0 Å². The molecule has 1 saturated carbocycles. The van der Waals surface area contributed by atoms with Crippen molar-refractivity contribution in [1.82, 2.24) is 9.78 Å². The SMILES string of the molecule is C[C@]12Cc3cnn(-c4ccc(F)cc4)c3C=C1CC[C@@]2(O)CCc1cccc(F)c1. The van der Waals surface area contributed by atoms with E-state index in [1.807, 2.05) is 16.9 Å². The van der Waals surface area contributed by atoms with Gasteiger partial charge in [-0.15, -0.1) is 0 Å². The van der Waals surface area contributed by atoms with E-state index >= 15 is 0 Å². The molecule has 5 heteroatoms. The molecule has 1 fully saturated rings. The second-order valence-corrected chi connectivity index (χ2v) is 8.78. The van der Waals surface area contributed by atoms with Gasteiger partial charge in [0.2, 0.25) is 0 Å². The highest BCUT2D eigenvalue weighted by molar-refractivity contribution is 5.62. The molecule has 0 bridgehead atoms. The monoisotopic (exact) mass is 406 g/mol. The van der Waals surface area contributed by atoms with Gasteiger partial charge >= 0.3 is 0 Å². The summed E-state index contributed by atoms with van der Waals surface area (Å²) in [5.41, 5.74) is 3.81. The molecule has 3 nitrogen and oxygen atoms in total. The van der Waals surface area contributed by atoms with Crippen molar-refractivity contribution >= 4 is 6.08 Å². The van der Waals surface area contributed by atoms with Crippen LogP contribution in [-0.4, -0.2) is 20.5 Å². The zero-order chi connectivity index (χ0) is 20.9. The van der Waals surface area contributed by atoms with Crippen LogP contribution < -0.4 is 0 Å². The van der Waals surface area contributed by atoms with Crippen molar-refractivity contribution in [2.24, 2.45) is 5.41 Å². The normalized spacial score (nSPS) is 25.0. The van der Waals surface area contributed by atoms with Gasteiger partial charge in [-0.1, -0.05) is 24.6 Å². The lowest BCUT2D eigenvalue weighted by Gasteiger charge is -2.42. The van der Waals surface area contributed by atoms with E-state index in [4.69, 9.17) is 0 Å². The molecule has 1 N–H and O–H groups in total. The Hall–Kier alpha value is -2.79. The number of aryl methyl sites for hydroxylation is 1. The van der Waals surface area contributed by atoms with Gasteiger partial charge in [0.15, 0.2) is 0 Å². The summed E-state index contributed by atoms with van der Waals surface area (Å²) < 4.78 is 28.7. The van der Waals surface area contributed by atoms with Gasteiger partial charge in [0.1, 0.15) is 11.6 Å². The Balaban J connectivity index is 1.44. The predicted octanol–water partition coefficient (Wildman–Crippen LogP) is 5.25. The van der Waals surface area contributed by atoms with Gasteiger partial charge in [-0.25, -0.2) is 13.5 Å². The maximum atomic E-state index is 13.5. The fraction of sp³-hybridized carbons (Fsp3) is 0.320. The molecule has 2 aliphatic rings. The third-order valence-corrected chi connectivity index (χ3v) is 7.07. The molecule has 2 aliphatic carbocycles. The summed E-state index contributed by atoms with van der Waals surface area (Å²) in [5, 5.41) is 16.2. The van der Waals surface area contributed by atoms with E-state index in [1.165, 1.54) is 23.8 Å². The summed E-state index contributed by atoms with van der Waals surface area (Å²) in [7, 11) is 0. The van der Waals surface area contributed by atoms with E-state index in [9.17, 15) is 13.9 Å². The molecule has 3 aromatic rings. The molecule has 2 aromatic carbocycles. The van der Waals surface area contributed by atoms with E-state index in [2.05, 4.69) is 18.1 Å². The lowest BCUT2D eigenvalue weighted by Crippen LogP contribution is -2.45. The molecular formula is C25H24F2N2O. The molecule has 2 atom stereocenters. The number of aromatic nitrogens is 2. The Labute approximate surface area is 174 Å². The van der Waals surface area contributed by atoms with E-state index in [0.717, 1.165) is 28.9 Å². The number of nitrogens with zero attached hydrogens (tertiary/aromatic N) is 2. The van der Waals surface area contributed by atoms with Crippen molar-refractivity contribution < 1.29 is 13.9 Å². The van der Waals surface area contributed by atoms with Crippen molar-refractivity contribution in [3.05, 3.63) is 88.8 Å². The topological polar surface area (TPSA) is 38.0 Å². The number of rotatable bonds is 4. The number of fused-ring (bicyclic) bond motifs is 2. The maximum Gasteiger partial charge on any atom is 0.123 e. The summed E-state index contributed by atoms with van der Waals surface area (Å²) >= 11 is 0. The molecular weight excluding hydrogens is 382 g/mol. The highest BCUT2D eigenvalue weighted by Crippen LogP contribution is 2.56. The number of hydrogen-bond acceptors (Lipinski definition) is 2. The fourth-order valence-corrected chi connectivity index (χ4v) is 5.16. The number of halogens is 2. The van der Waals surface area contributed by atoms with E-state index in [0.29, 0.717) is 25.7 Å². The van der Waals surface area contributed by atoms with Crippen molar-refractivity contribution in [3.63, 3.8) is 0 Å². The zero-order valence-electron chi connectivity index (χ0n) is 16.9. The van der Waals surface area contributed by atoms with Gasteiger partial charge < -0.3 is 5.11 Å². The van der Waals surface area contributed by atoms with Crippen LogP contribution >= 0.6 is 0 Å². The average Bonchev–Trinajstić information content (AvgIpc) is 3.24. The first-order chi connectivity index (χ1) is 14.4. The highest BCUT2D eigenvalue weighted by atomic mass is 19.1. The molecule has 0 amide bonds. The Bertz CT molecular complexity index is 1130. The molecule has 0 saturated heterocycles. The van der Waals surface area contributed by atoms with Gasteiger partial charge in [-0.2, -0.15) is 5.10 Å². The first kappa shape index (κ1) is 19.2. The van der Waals surface area contributed by atoms with Gasteiger partial charge in [-0.3, -0.25) is 0 Å². The van der Waals surface area contributed by atoms with Crippen LogP contribution in [0.15, 0.2) is 60.3 Å². The summed E-state index contributed by atoms with van der Waals surface area (Å²) in [6.45, 7) is 2.13. The molecule has 1 aromatic heterocycles. The molecule has 0 unspecified atom stereocenters. The molecule has 0 aliphatic heterocycles. The smallest absolute Gasteiger partial charge is 0.123 e. The third-order valence-electron chi connectivity index (χ3n) is 7.07. The molecule has 1 heterocycles. The summed E-state index contributed by atoms with van der Waals surface area (Å²) in [6, 6.07) is 12.9. The standard InChI is InChI=1S/C25H24F2N2O/c1-24-15-18-16-28-29(22-7-5-20(26)6-8-22)23(18)14-19(24)10-12-25(24,30)11-9-17-3-2-4-21(27)13-17/h2-8,13-14,16,30H,9-12,15H2,1H3/t24-,25-/m0/s1. The Morgan fingerprint density at radius 1 is 1.10 bits per heavy atom. The van der Waals surface area contributed by atoms with Crippen LogP contribution in [0.25, 0.3) is 11.8 Å². The predicted molar refractivity (Wildman–Crippen MR) is 112 cm³/mol. The minimum Gasteiger partial charge on any atom is -0.389 e. The summed E-state index contributed by atoms with van der Waals surface area (Å²) in [5.74, 6) is -0.516. The van der Waals surface area contributed by atoms with Crippen molar-refractivity contribution in [3.8, 4) is 5.69 Å². The molecule has 5 rings (SSSR count). The summed E-state index contributed by atoms with van der Waals surface area (Å²) in [6.07, 6.45) is 7.44. The largest absolute Gasteiger partial charge is 0.389 e. The van der Waals surface area contributed by atoms with Crippen LogP contribution in [0.3, 0.4) is 0 Å². The Kier molecular flexibility index (Phi) is 4.40. The van der Waals surface area contributed by atoms with Crippen molar-refractivity contribution in [1.29, 1.82) is 0 Å². The minimum absolute atomic E-state index is 0.242. The van der Waals surface area contributed by atoms with Crippen LogP contribution in [-0.2, 0) is 12.8 Å². The molecule has 154 valence electrons. The van der Waals surface area contributed by atoms with Gasteiger partial charge in [0, 0.05) is 5.41 Å². The second-order valence-electron chi connectivity index (χ2n) is 8.78. The van der Waals surface area contributed by atoms with Crippen LogP contribution in [0.5, 0.6) is 0 Å². The lowest BCUT2D eigenvalue weighted by molar-refractivity contribution is -0.0461. The second kappa shape index (κ2) is 6.88. The Morgan fingerprint density at radius 2 is 1.90 bits per heavy atom.